The molecule has 2 atom stereocenters. The number of ether oxygens (including phenoxy) is 1. The molecular weight excluding hydrogens is 164 g/mol. The Kier molecular flexibility index (Phi) is 4.43. The number of Topliss-reactive ketones (excluding diaryl/α,β-unsaturated/α-hetero) is 1. The maximum absolute atomic E-state index is 10.8. The molecule has 0 N–H and O–H groups in total. The van der Waals surface area contributed by atoms with Crippen LogP contribution in [0.25, 0.3) is 0 Å². The summed E-state index contributed by atoms with van der Waals surface area (Å²) in [6.45, 7) is 3.83. The van der Waals surface area contributed by atoms with Crippen LogP contribution in [0, 0.1) is 0 Å². The summed E-state index contributed by atoms with van der Waals surface area (Å²) in [6.07, 6.45) is 7.75. The highest BCUT2D eigenvalue weighted by Crippen LogP contribution is 2.28. The molecule has 13 heavy (non-hydrogen) atoms. The summed E-state index contributed by atoms with van der Waals surface area (Å²) in [6, 6.07) is 0. The van der Waals surface area contributed by atoms with Gasteiger partial charge in [-0.1, -0.05) is 39.0 Å². The fourth-order valence-electron chi connectivity index (χ4n) is 1.67. The van der Waals surface area contributed by atoms with Gasteiger partial charge in [0.25, 0.3) is 0 Å². The van der Waals surface area contributed by atoms with Gasteiger partial charge in [0, 0.05) is 0 Å². The molecule has 1 fully saturated rings. The number of ketones is 1. The smallest absolute Gasteiger partial charge is 0.161 e. The summed E-state index contributed by atoms with van der Waals surface area (Å²) < 4.78 is 5.24. The molecule has 0 amide bonds. The van der Waals surface area contributed by atoms with Crippen LogP contribution >= 0.6 is 0 Å². The Labute approximate surface area is 80.7 Å². The van der Waals surface area contributed by atoms with Gasteiger partial charge in [0.15, 0.2) is 5.78 Å². The van der Waals surface area contributed by atoms with Crippen molar-refractivity contribution in [3.05, 3.63) is 0 Å². The van der Waals surface area contributed by atoms with E-state index in [0.717, 1.165) is 6.42 Å². The molecule has 0 aliphatic carbocycles. The molecule has 0 spiro atoms. The van der Waals surface area contributed by atoms with Crippen molar-refractivity contribution in [2.24, 2.45) is 0 Å². The monoisotopic (exact) mass is 184 g/mol. The maximum atomic E-state index is 10.8. The number of hydrogen-bond acceptors (Lipinski definition) is 2. The fraction of sp³-hybridized carbons (Fsp3) is 0.909. The SMILES string of the molecule is CCCCCCCC1OC1C(C)=O. The standard InChI is InChI=1S/C11H20O2/c1-3-4-5-6-7-8-10-11(13-10)9(2)12/h10-11H,3-8H2,1-2H3. The summed E-state index contributed by atoms with van der Waals surface area (Å²) in [4.78, 5) is 10.8. The van der Waals surface area contributed by atoms with Gasteiger partial charge in [-0.05, 0) is 13.3 Å². The van der Waals surface area contributed by atoms with E-state index < -0.39 is 0 Å². The molecule has 0 aromatic heterocycles. The van der Waals surface area contributed by atoms with Crippen molar-refractivity contribution in [2.45, 2.75) is 64.6 Å². The van der Waals surface area contributed by atoms with Gasteiger partial charge in [0.05, 0.1) is 6.10 Å². The molecule has 1 heterocycles. The Morgan fingerprint density at radius 1 is 1.23 bits per heavy atom. The molecule has 0 aromatic rings. The third-order valence-corrected chi connectivity index (χ3v) is 2.58. The van der Waals surface area contributed by atoms with Crippen molar-refractivity contribution >= 4 is 5.78 Å². The predicted molar refractivity (Wildman–Crippen MR) is 52.7 cm³/mol. The largest absolute Gasteiger partial charge is 0.361 e. The van der Waals surface area contributed by atoms with Crippen LogP contribution in [-0.4, -0.2) is 18.0 Å². The quantitative estimate of drug-likeness (QED) is 0.449. The minimum Gasteiger partial charge on any atom is -0.361 e. The molecule has 0 aromatic carbocycles. The highest BCUT2D eigenvalue weighted by molar-refractivity contribution is 5.83. The molecule has 1 aliphatic rings. The Bertz CT molecular complexity index is 165. The summed E-state index contributed by atoms with van der Waals surface area (Å²) in [5.41, 5.74) is 0. The highest BCUT2D eigenvalue weighted by Gasteiger charge is 2.41. The summed E-state index contributed by atoms with van der Waals surface area (Å²) >= 11 is 0. The van der Waals surface area contributed by atoms with E-state index >= 15 is 0 Å². The predicted octanol–water partition coefficient (Wildman–Crippen LogP) is 2.70. The molecule has 76 valence electrons. The first-order chi connectivity index (χ1) is 6.25. The Morgan fingerprint density at radius 3 is 2.46 bits per heavy atom. The number of unbranched alkanes of at least 4 members (excludes halogenated alkanes) is 4. The van der Waals surface area contributed by atoms with Crippen molar-refractivity contribution in [2.75, 3.05) is 0 Å². The van der Waals surface area contributed by atoms with Crippen LogP contribution < -0.4 is 0 Å². The summed E-state index contributed by atoms with van der Waals surface area (Å²) in [5, 5.41) is 0. The first-order valence-electron chi connectivity index (χ1n) is 5.41. The molecule has 2 unspecified atom stereocenters. The molecule has 1 aliphatic heterocycles. The zero-order valence-electron chi connectivity index (χ0n) is 8.71. The molecule has 1 saturated heterocycles. The Balaban J connectivity index is 1.88. The van der Waals surface area contributed by atoms with Gasteiger partial charge in [-0.2, -0.15) is 0 Å². The van der Waals surface area contributed by atoms with E-state index in [4.69, 9.17) is 4.74 Å². The zero-order chi connectivity index (χ0) is 9.68. The van der Waals surface area contributed by atoms with Gasteiger partial charge < -0.3 is 4.74 Å². The van der Waals surface area contributed by atoms with Crippen LogP contribution in [-0.2, 0) is 9.53 Å². The van der Waals surface area contributed by atoms with Gasteiger partial charge in [0.1, 0.15) is 6.10 Å². The average Bonchev–Trinajstić information content (AvgIpc) is 2.83. The summed E-state index contributed by atoms with van der Waals surface area (Å²) in [5.74, 6) is 0.193. The first-order valence-corrected chi connectivity index (χ1v) is 5.41. The molecule has 0 bridgehead atoms. The van der Waals surface area contributed by atoms with Crippen LogP contribution in [0.15, 0.2) is 0 Å². The zero-order valence-corrected chi connectivity index (χ0v) is 8.71. The number of hydrogen-bond donors (Lipinski definition) is 0. The second-order valence-electron chi connectivity index (χ2n) is 3.91. The van der Waals surface area contributed by atoms with Crippen molar-refractivity contribution in [3.63, 3.8) is 0 Å². The molecule has 2 nitrogen and oxygen atoms in total. The van der Waals surface area contributed by atoms with Crippen molar-refractivity contribution < 1.29 is 9.53 Å². The molecule has 0 radical (unpaired) electrons. The van der Waals surface area contributed by atoms with E-state index in [1.165, 1.54) is 32.1 Å². The number of rotatable bonds is 7. The second-order valence-corrected chi connectivity index (χ2v) is 3.91. The average molecular weight is 184 g/mol. The van der Waals surface area contributed by atoms with Crippen molar-refractivity contribution in [1.82, 2.24) is 0 Å². The lowest BCUT2D eigenvalue weighted by Crippen LogP contribution is -2.04. The van der Waals surface area contributed by atoms with E-state index in [1.807, 2.05) is 0 Å². The number of carbonyl (C=O) groups excluding carboxylic acids is 1. The first kappa shape index (κ1) is 10.7. The molecular formula is C11H20O2. The lowest BCUT2D eigenvalue weighted by Gasteiger charge is -1.96. The Hall–Kier alpha value is -0.370. The summed E-state index contributed by atoms with van der Waals surface area (Å²) in [7, 11) is 0. The Morgan fingerprint density at radius 2 is 1.92 bits per heavy atom. The van der Waals surface area contributed by atoms with Crippen LogP contribution in [0.5, 0.6) is 0 Å². The third-order valence-electron chi connectivity index (χ3n) is 2.58. The van der Waals surface area contributed by atoms with Crippen molar-refractivity contribution in [1.29, 1.82) is 0 Å². The third kappa shape index (κ3) is 3.90. The minimum absolute atomic E-state index is 0.0498. The lowest BCUT2D eigenvalue weighted by molar-refractivity contribution is -0.118. The van der Waals surface area contributed by atoms with E-state index in [0.29, 0.717) is 0 Å². The van der Waals surface area contributed by atoms with Gasteiger partial charge in [-0.3, -0.25) is 4.79 Å². The van der Waals surface area contributed by atoms with Gasteiger partial charge >= 0.3 is 0 Å². The molecule has 2 heteroatoms. The molecule has 0 saturated carbocycles. The highest BCUT2D eigenvalue weighted by atomic mass is 16.6. The van der Waals surface area contributed by atoms with Gasteiger partial charge in [0.2, 0.25) is 0 Å². The van der Waals surface area contributed by atoms with Gasteiger partial charge in [-0.25, -0.2) is 0 Å². The number of carbonyl (C=O) groups is 1. The van der Waals surface area contributed by atoms with Crippen molar-refractivity contribution in [3.8, 4) is 0 Å². The van der Waals surface area contributed by atoms with E-state index in [2.05, 4.69) is 6.92 Å². The second kappa shape index (κ2) is 5.38. The minimum atomic E-state index is -0.0498. The lowest BCUT2D eigenvalue weighted by atomic mass is 10.1. The van der Waals surface area contributed by atoms with E-state index in [1.54, 1.807) is 6.92 Å². The van der Waals surface area contributed by atoms with Crippen LogP contribution in [0.2, 0.25) is 0 Å². The van der Waals surface area contributed by atoms with Gasteiger partial charge in [-0.15, -0.1) is 0 Å². The van der Waals surface area contributed by atoms with Crippen LogP contribution in [0.4, 0.5) is 0 Å². The fourth-order valence-corrected chi connectivity index (χ4v) is 1.67. The van der Waals surface area contributed by atoms with Crippen LogP contribution in [0.3, 0.4) is 0 Å². The maximum Gasteiger partial charge on any atom is 0.161 e. The number of epoxide rings is 1. The van der Waals surface area contributed by atoms with E-state index in [-0.39, 0.29) is 18.0 Å². The van der Waals surface area contributed by atoms with Crippen LogP contribution in [0.1, 0.15) is 52.4 Å². The topological polar surface area (TPSA) is 29.6 Å². The normalized spacial score (nSPS) is 26.0. The molecule has 1 rings (SSSR count). The van der Waals surface area contributed by atoms with E-state index in [9.17, 15) is 4.79 Å².